The van der Waals surface area contributed by atoms with Crippen LogP contribution in [0.5, 0.6) is 0 Å². The number of aliphatic imine (C=N–C) groups is 1. The lowest BCUT2D eigenvalue weighted by Gasteiger charge is -2.36. The summed E-state index contributed by atoms with van der Waals surface area (Å²) < 4.78 is 4.95. The first-order valence-electron chi connectivity index (χ1n) is 6.80. The minimum atomic E-state index is -0.429. The Kier molecular flexibility index (Phi) is 5.63. The van der Waals surface area contributed by atoms with E-state index in [2.05, 4.69) is 25.8 Å². The zero-order valence-electron chi connectivity index (χ0n) is 13.7. The molecule has 1 aliphatic heterocycles. The van der Waals surface area contributed by atoms with Gasteiger partial charge in [0.15, 0.2) is 0 Å². The maximum atomic E-state index is 12.4. The predicted octanol–water partition coefficient (Wildman–Crippen LogP) is 2.16. The zero-order chi connectivity index (χ0) is 16.4. The van der Waals surface area contributed by atoms with Gasteiger partial charge in [0, 0.05) is 27.6 Å². The number of hydrazine groups is 1. The first-order valence-corrected chi connectivity index (χ1v) is 7.54. The second-order valence-electron chi connectivity index (χ2n) is 6.05. The van der Waals surface area contributed by atoms with Crippen LogP contribution in [0.4, 0.5) is 4.79 Å². The summed E-state index contributed by atoms with van der Waals surface area (Å²) in [5.74, 6) is -0.429. The smallest absolute Gasteiger partial charge is 0.340 e. The van der Waals surface area contributed by atoms with E-state index >= 15 is 0 Å². The van der Waals surface area contributed by atoms with Gasteiger partial charge >= 0.3 is 12.0 Å². The molecule has 0 spiro atoms. The summed E-state index contributed by atoms with van der Waals surface area (Å²) in [6.07, 6.45) is -0.190. The molecule has 0 aromatic carbocycles. The van der Waals surface area contributed by atoms with Crippen LogP contribution in [-0.2, 0) is 8.98 Å². The van der Waals surface area contributed by atoms with Gasteiger partial charge in [0.05, 0.1) is 0 Å². The Morgan fingerprint density at radius 2 is 1.95 bits per heavy atom. The molecule has 0 N–H and O–H groups in total. The maximum absolute atomic E-state index is 12.4. The molecule has 21 heavy (non-hydrogen) atoms. The Morgan fingerprint density at radius 3 is 2.33 bits per heavy atom. The Bertz CT molecular complexity index is 445. The Hall–Kier alpha value is -1.28. The van der Waals surface area contributed by atoms with Gasteiger partial charge in [-0.2, -0.15) is 10.0 Å². The van der Waals surface area contributed by atoms with E-state index in [-0.39, 0.29) is 17.6 Å². The van der Waals surface area contributed by atoms with Gasteiger partial charge in [-0.3, -0.25) is 4.79 Å². The van der Waals surface area contributed by atoms with Crippen molar-refractivity contribution in [1.82, 2.24) is 14.9 Å². The molecule has 1 atom stereocenters. The lowest BCUT2D eigenvalue weighted by atomic mass is 9.92. The third kappa shape index (κ3) is 4.10. The molecule has 1 heterocycles. The number of carbonyl (C=O) groups is 2. The van der Waals surface area contributed by atoms with Gasteiger partial charge in [0.25, 0.3) is 0 Å². The molecule has 0 aliphatic carbocycles. The van der Waals surface area contributed by atoms with Crippen molar-refractivity contribution >= 4 is 29.2 Å². The van der Waals surface area contributed by atoms with Gasteiger partial charge < -0.3 is 9.08 Å². The summed E-state index contributed by atoms with van der Waals surface area (Å²) in [6.45, 7) is 10.1. The van der Waals surface area contributed by atoms with Crippen molar-refractivity contribution in [1.29, 1.82) is 0 Å². The average molecular weight is 316 g/mol. The van der Waals surface area contributed by atoms with Gasteiger partial charge in [-0.05, 0) is 5.41 Å². The highest BCUT2D eigenvalue weighted by molar-refractivity contribution is 8.10. The molecule has 0 saturated heterocycles. The van der Waals surface area contributed by atoms with E-state index < -0.39 is 5.97 Å². The third-order valence-electron chi connectivity index (χ3n) is 2.85. The summed E-state index contributed by atoms with van der Waals surface area (Å²) in [6, 6.07) is -0.220. The van der Waals surface area contributed by atoms with Gasteiger partial charge in [-0.25, -0.2) is 9.79 Å². The van der Waals surface area contributed by atoms with E-state index in [9.17, 15) is 9.59 Å². The molecule has 0 aromatic heterocycles. The number of urea groups is 1. The zero-order valence-corrected chi connectivity index (χ0v) is 14.5. The van der Waals surface area contributed by atoms with Crippen LogP contribution in [0.1, 0.15) is 34.6 Å². The van der Waals surface area contributed by atoms with Gasteiger partial charge in [0.2, 0.25) is 5.17 Å². The molecule has 0 aromatic rings. The molecule has 1 aliphatic rings. The lowest BCUT2D eigenvalue weighted by Crippen LogP contribution is -2.53. The maximum Gasteiger partial charge on any atom is 0.340 e. The highest BCUT2D eigenvalue weighted by atomic mass is 32.2. The number of nitrogens with zero attached hydrogens (tertiary/aromatic N) is 4. The van der Waals surface area contributed by atoms with Crippen molar-refractivity contribution in [3.05, 3.63) is 0 Å². The molecular weight excluding hydrogens is 292 g/mol. The number of hydrogen-bond acceptors (Lipinski definition) is 6. The minimum absolute atomic E-state index is 0.153. The fraction of sp³-hybridized carbons (Fsp3) is 0.769. The summed E-state index contributed by atoms with van der Waals surface area (Å²) in [5, 5.41) is 3.74. The van der Waals surface area contributed by atoms with Crippen molar-refractivity contribution in [2.45, 2.75) is 40.8 Å². The van der Waals surface area contributed by atoms with Gasteiger partial charge in [-0.15, -0.1) is 0 Å². The topological polar surface area (TPSA) is 65.5 Å². The van der Waals surface area contributed by atoms with Crippen LogP contribution in [0.2, 0.25) is 0 Å². The number of rotatable bonds is 1. The quantitative estimate of drug-likeness (QED) is 0.694. The second kappa shape index (κ2) is 6.65. The van der Waals surface area contributed by atoms with Crippen molar-refractivity contribution in [3.8, 4) is 0 Å². The number of carbonyl (C=O) groups excluding carboxylic acids is 2. The Labute approximate surface area is 130 Å². The molecule has 1 unspecified atom stereocenters. The minimum Gasteiger partial charge on any atom is -0.383 e. The molecule has 120 valence electrons. The monoisotopic (exact) mass is 316 g/mol. The lowest BCUT2D eigenvalue weighted by molar-refractivity contribution is -0.130. The van der Waals surface area contributed by atoms with E-state index in [1.54, 1.807) is 14.1 Å². The van der Waals surface area contributed by atoms with Crippen LogP contribution in [0.25, 0.3) is 0 Å². The molecule has 0 saturated carbocycles. The normalized spacial score (nSPS) is 19.5. The fourth-order valence-electron chi connectivity index (χ4n) is 1.93. The summed E-state index contributed by atoms with van der Waals surface area (Å²) in [4.78, 5) is 29.5. The van der Waals surface area contributed by atoms with E-state index in [0.29, 0.717) is 11.7 Å². The predicted molar refractivity (Wildman–Crippen MR) is 83.3 cm³/mol. The molecule has 0 radical (unpaired) electrons. The van der Waals surface area contributed by atoms with Crippen LogP contribution in [-0.4, -0.2) is 58.9 Å². The number of hydrogen-bond donors (Lipinski definition) is 0. The molecule has 0 bridgehead atoms. The molecular formula is C13H24N4O3S. The van der Waals surface area contributed by atoms with E-state index in [4.69, 9.17) is 4.18 Å². The van der Waals surface area contributed by atoms with E-state index in [1.807, 2.05) is 11.9 Å². The van der Waals surface area contributed by atoms with Gasteiger partial charge in [-0.1, -0.05) is 27.7 Å². The van der Waals surface area contributed by atoms with Crippen LogP contribution < -0.4 is 0 Å². The molecule has 7 nitrogen and oxygen atoms in total. The second-order valence-corrected chi connectivity index (χ2v) is 6.75. The number of amides is 2. The Balaban J connectivity index is 3.12. The molecule has 2 amide bonds. The molecule has 8 heteroatoms. The SMILES string of the molecule is CCN1C(C(C)(C)C)N=C(SOC(C)=O)N1C(=O)N(C)C. The summed E-state index contributed by atoms with van der Waals surface area (Å²) in [5.41, 5.74) is -0.153. The standard InChI is InChI=1S/C13H24N4O3S/c1-8-16-10(13(3,4)5)14-11(21-20-9(2)18)17(16)12(19)15(6)7/h10H,8H2,1-7H3. The largest absolute Gasteiger partial charge is 0.383 e. The summed E-state index contributed by atoms with van der Waals surface area (Å²) >= 11 is 0.822. The van der Waals surface area contributed by atoms with Crippen molar-refractivity contribution in [3.63, 3.8) is 0 Å². The third-order valence-corrected chi connectivity index (χ3v) is 3.59. The highest BCUT2D eigenvalue weighted by Crippen LogP contribution is 2.34. The number of amidine groups is 1. The van der Waals surface area contributed by atoms with Crippen LogP contribution in [0, 0.1) is 5.41 Å². The highest BCUT2D eigenvalue weighted by Gasteiger charge is 2.44. The van der Waals surface area contributed by atoms with Crippen LogP contribution in [0.15, 0.2) is 4.99 Å². The molecule has 1 rings (SSSR count). The van der Waals surface area contributed by atoms with Gasteiger partial charge in [0.1, 0.15) is 18.2 Å². The summed E-state index contributed by atoms with van der Waals surface area (Å²) in [7, 11) is 3.35. The van der Waals surface area contributed by atoms with Crippen molar-refractivity contribution in [2.24, 2.45) is 10.4 Å². The van der Waals surface area contributed by atoms with E-state index in [1.165, 1.54) is 16.8 Å². The van der Waals surface area contributed by atoms with Crippen LogP contribution in [0.3, 0.4) is 0 Å². The fourth-order valence-corrected chi connectivity index (χ4v) is 2.52. The van der Waals surface area contributed by atoms with Crippen LogP contribution >= 0.6 is 12.0 Å². The van der Waals surface area contributed by atoms with Crippen molar-refractivity contribution in [2.75, 3.05) is 20.6 Å². The first kappa shape index (κ1) is 17.8. The first-order chi connectivity index (χ1) is 9.59. The van der Waals surface area contributed by atoms with E-state index in [0.717, 1.165) is 12.0 Å². The Morgan fingerprint density at radius 1 is 1.38 bits per heavy atom. The molecule has 0 fully saturated rings. The average Bonchev–Trinajstić information content (AvgIpc) is 2.73. The van der Waals surface area contributed by atoms with Crippen molar-refractivity contribution < 1.29 is 13.8 Å².